The van der Waals surface area contributed by atoms with E-state index < -0.39 is 0 Å². The van der Waals surface area contributed by atoms with Crippen molar-refractivity contribution in [1.82, 2.24) is 9.62 Å². The van der Waals surface area contributed by atoms with Crippen LogP contribution in [0.25, 0.3) is 0 Å². The third-order valence-corrected chi connectivity index (χ3v) is 7.54. The fourth-order valence-electron chi connectivity index (χ4n) is 3.78. The third-order valence-electron chi connectivity index (χ3n) is 5.36. The van der Waals surface area contributed by atoms with Crippen molar-refractivity contribution in [2.45, 2.75) is 49.3 Å². The van der Waals surface area contributed by atoms with Gasteiger partial charge in [0.25, 0.3) is 0 Å². The number of nitrogens with zero attached hydrogens (tertiary/aromatic N) is 1. The highest BCUT2D eigenvalue weighted by Crippen LogP contribution is 2.36. The van der Waals surface area contributed by atoms with Crippen molar-refractivity contribution in [3.63, 3.8) is 0 Å². The van der Waals surface area contributed by atoms with Gasteiger partial charge in [-0.1, -0.05) is 37.6 Å². The van der Waals surface area contributed by atoms with Gasteiger partial charge in [-0.25, -0.2) is 4.39 Å². The Kier molecular flexibility index (Phi) is 9.32. The second-order valence-electron chi connectivity index (χ2n) is 8.08. The standard InChI is InChI=1S/C24H28ClFN2O2S2/c1-16(2)31-14-13-28-22(17-3-6-19(25)7-4-17)12-5-18(24(28)30)15-23(29)27-32-21-10-8-20(26)9-11-21/h3-4,6-11,16,18,22H,5,12-15H2,1-2H3,(H,27,29). The number of hydrogen-bond donors (Lipinski definition) is 1. The largest absolute Gasteiger partial charge is 0.335 e. The number of benzene rings is 2. The summed E-state index contributed by atoms with van der Waals surface area (Å²) in [5, 5.41) is 1.17. The van der Waals surface area contributed by atoms with Crippen molar-refractivity contribution in [2.75, 3.05) is 12.3 Å². The van der Waals surface area contributed by atoms with Crippen molar-refractivity contribution in [3.8, 4) is 0 Å². The predicted octanol–water partition coefficient (Wildman–Crippen LogP) is 6.11. The van der Waals surface area contributed by atoms with Crippen LogP contribution in [-0.4, -0.2) is 34.3 Å². The number of piperidine rings is 1. The van der Waals surface area contributed by atoms with E-state index in [2.05, 4.69) is 18.6 Å². The lowest BCUT2D eigenvalue weighted by molar-refractivity contribution is -0.144. The molecule has 8 heteroatoms. The zero-order valence-electron chi connectivity index (χ0n) is 18.2. The predicted molar refractivity (Wildman–Crippen MR) is 131 cm³/mol. The quantitative estimate of drug-likeness (QED) is 0.427. The van der Waals surface area contributed by atoms with Gasteiger partial charge >= 0.3 is 0 Å². The van der Waals surface area contributed by atoms with Gasteiger partial charge in [0, 0.05) is 34.6 Å². The molecule has 0 radical (unpaired) electrons. The minimum atomic E-state index is -0.337. The first-order valence-corrected chi connectivity index (χ1v) is 13.0. The SMILES string of the molecule is CC(C)SCCN1C(=O)C(CC(=O)NSc2ccc(F)cc2)CCC1c1ccc(Cl)cc1. The van der Waals surface area contributed by atoms with E-state index in [-0.39, 0.29) is 36.0 Å². The van der Waals surface area contributed by atoms with Crippen molar-refractivity contribution in [3.05, 3.63) is 64.9 Å². The van der Waals surface area contributed by atoms with Crippen LogP contribution in [0, 0.1) is 11.7 Å². The second kappa shape index (κ2) is 12.0. The summed E-state index contributed by atoms with van der Waals surface area (Å²) in [4.78, 5) is 28.5. The Morgan fingerprint density at radius 2 is 1.84 bits per heavy atom. The van der Waals surface area contributed by atoms with E-state index in [1.807, 2.05) is 40.9 Å². The molecule has 1 aliphatic rings. The molecular weight excluding hydrogens is 467 g/mol. The Morgan fingerprint density at radius 3 is 2.50 bits per heavy atom. The lowest BCUT2D eigenvalue weighted by atomic mass is 9.86. The van der Waals surface area contributed by atoms with Crippen molar-refractivity contribution in [2.24, 2.45) is 5.92 Å². The number of carbonyl (C=O) groups is 2. The average molecular weight is 495 g/mol. The van der Waals surface area contributed by atoms with E-state index in [0.29, 0.717) is 23.2 Å². The van der Waals surface area contributed by atoms with E-state index in [1.54, 1.807) is 12.1 Å². The monoisotopic (exact) mass is 494 g/mol. The van der Waals surface area contributed by atoms with Gasteiger partial charge in [0.15, 0.2) is 0 Å². The fraction of sp³-hybridized carbons (Fsp3) is 0.417. The number of hydrogen-bond acceptors (Lipinski definition) is 4. The first-order chi connectivity index (χ1) is 15.3. The summed E-state index contributed by atoms with van der Waals surface area (Å²) in [6.45, 7) is 4.94. The van der Waals surface area contributed by atoms with Gasteiger partial charge in [0.05, 0.1) is 6.04 Å². The molecule has 0 aliphatic carbocycles. The highest BCUT2D eigenvalue weighted by molar-refractivity contribution is 7.99. The third kappa shape index (κ3) is 7.15. The summed E-state index contributed by atoms with van der Waals surface area (Å²) in [5.74, 6) is 0.0322. The molecular formula is C24H28ClFN2O2S2. The topological polar surface area (TPSA) is 49.4 Å². The van der Waals surface area contributed by atoms with Gasteiger partial charge in [-0.2, -0.15) is 11.8 Å². The van der Waals surface area contributed by atoms with Crippen molar-refractivity contribution < 1.29 is 14.0 Å². The maximum absolute atomic E-state index is 13.4. The molecule has 1 fully saturated rings. The van der Waals surface area contributed by atoms with Crippen LogP contribution in [-0.2, 0) is 9.59 Å². The number of nitrogens with one attached hydrogen (secondary N) is 1. The number of amides is 2. The van der Waals surface area contributed by atoms with Crippen LogP contribution in [0.1, 0.15) is 44.7 Å². The summed E-state index contributed by atoms with van der Waals surface area (Å²) in [5.41, 5.74) is 1.08. The highest BCUT2D eigenvalue weighted by Gasteiger charge is 2.36. The van der Waals surface area contributed by atoms with E-state index in [9.17, 15) is 14.0 Å². The molecule has 0 bridgehead atoms. The minimum Gasteiger partial charge on any atom is -0.335 e. The van der Waals surface area contributed by atoms with Gasteiger partial charge in [-0.15, -0.1) is 0 Å². The number of rotatable bonds is 9. The molecule has 0 spiro atoms. The molecule has 32 heavy (non-hydrogen) atoms. The Hall–Kier alpha value is -1.70. The van der Waals surface area contributed by atoms with E-state index in [1.165, 1.54) is 12.1 Å². The molecule has 1 aliphatic heterocycles. The summed E-state index contributed by atoms with van der Waals surface area (Å²) in [7, 11) is 0. The van der Waals surface area contributed by atoms with E-state index in [0.717, 1.165) is 34.6 Å². The molecule has 1 N–H and O–H groups in total. The molecule has 2 atom stereocenters. The summed E-state index contributed by atoms with van der Waals surface area (Å²) < 4.78 is 15.8. The second-order valence-corrected chi connectivity index (χ2v) is 11.1. The normalized spacial score (nSPS) is 18.8. The zero-order valence-corrected chi connectivity index (χ0v) is 20.6. The summed E-state index contributed by atoms with van der Waals surface area (Å²) >= 11 is 9.01. The van der Waals surface area contributed by atoms with Crippen LogP contribution < -0.4 is 4.72 Å². The molecule has 1 heterocycles. The Bertz CT molecular complexity index is 909. The summed E-state index contributed by atoms with van der Waals surface area (Å²) in [6, 6.07) is 13.6. The average Bonchev–Trinajstić information content (AvgIpc) is 2.76. The van der Waals surface area contributed by atoms with Crippen LogP contribution in [0.3, 0.4) is 0 Å². The van der Waals surface area contributed by atoms with Gasteiger partial charge in [-0.05, 0) is 72.0 Å². The maximum atomic E-state index is 13.4. The maximum Gasteiger partial charge on any atom is 0.230 e. The smallest absolute Gasteiger partial charge is 0.230 e. The first kappa shape index (κ1) is 24.9. The molecule has 0 saturated carbocycles. The van der Waals surface area contributed by atoms with Crippen LogP contribution in [0.2, 0.25) is 5.02 Å². The van der Waals surface area contributed by atoms with E-state index in [4.69, 9.17) is 11.6 Å². The first-order valence-electron chi connectivity index (χ1n) is 10.7. The Labute approximate surface area is 202 Å². The summed E-state index contributed by atoms with van der Waals surface area (Å²) in [6.07, 6.45) is 1.62. The molecule has 2 unspecified atom stereocenters. The van der Waals surface area contributed by atoms with Crippen molar-refractivity contribution >= 4 is 47.1 Å². The minimum absolute atomic E-state index is 0.000398. The highest BCUT2D eigenvalue weighted by atomic mass is 35.5. The van der Waals surface area contributed by atoms with Crippen LogP contribution in [0.5, 0.6) is 0 Å². The number of likely N-dealkylation sites (tertiary alicyclic amines) is 1. The molecule has 2 aromatic carbocycles. The van der Waals surface area contributed by atoms with Crippen LogP contribution in [0.4, 0.5) is 4.39 Å². The van der Waals surface area contributed by atoms with Gasteiger partial charge in [-0.3, -0.25) is 14.3 Å². The molecule has 2 amide bonds. The Balaban J connectivity index is 1.63. The van der Waals surface area contributed by atoms with Crippen LogP contribution in [0.15, 0.2) is 53.4 Å². The van der Waals surface area contributed by atoms with Gasteiger partial charge < -0.3 is 4.90 Å². The number of carbonyl (C=O) groups excluding carboxylic acids is 2. The molecule has 0 aromatic heterocycles. The van der Waals surface area contributed by atoms with Crippen molar-refractivity contribution in [1.29, 1.82) is 0 Å². The number of halogens is 2. The molecule has 4 nitrogen and oxygen atoms in total. The molecule has 172 valence electrons. The lowest BCUT2D eigenvalue weighted by Gasteiger charge is -2.39. The molecule has 3 rings (SSSR count). The fourth-order valence-corrected chi connectivity index (χ4v) is 5.27. The molecule has 2 aromatic rings. The van der Waals surface area contributed by atoms with Gasteiger partial charge in [0.1, 0.15) is 5.82 Å². The van der Waals surface area contributed by atoms with Crippen LogP contribution >= 0.6 is 35.3 Å². The lowest BCUT2D eigenvalue weighted by Crippen LogP contribution is -2.45. The number of thioether (sulfide) groups is 1. The Morgan fingerprint density at radius 1 is 1.16 bits per heavy atom. The zero-order chi connectivity index (χ0) is 23.1. The van der Waals surface area contributed by atoms with Gasteiger partial charge in [0.2, 0.25) is 11.8 Å². The molecule has 1 saturated heterocycles. The van der Waals surface area contributed by atoms with E-state index >= 15 is 0 Å².